The summed E-state index contributed by atoms with van der Waals surface area (Å²) in [7, 11) is 0. The van der Waals surface area contributed by atoms with Crippen LogP contribution in [-0.2, 0) is 4.79 Å². The largest absolute Gasteiger partial charge is 0.481 e. The summed E-state index contributed by atoms with van der Waals surface area (Å²) >= 11 is 0. The fraction of sp³-hybridized carbons (Fsp3) is 0.500. The van der Waals surface area contributed by atoms with Crippen LogP contribution in [-0.4, -0.2) is 44.8 Å². The van der Waals surface area contributed by atoms with Crippen LogP contribution >= 0.6 is 0 Å². The van der Waals surface area contributed by atoms with Crippen LogP contribution in [0.5, 0.6) is 5.75 Å². The van der Waals surface area contributed by atoms with Crippen LogP contribution in [0.1, 0.15) is 36.9 Å². The maximum absolute atomic E-state index is 12.8. The molecular weight excluding hydrogens is 304 g/mol. The monoisotopic (exact) mass is 328 g/mol. The van der Waals surface area contributed by atoms with Crippen LogP contribution < -0.4 is 4.74 Å². The fourth-order valence-electron chi connectivity index (χ4n) is 3.13. The van der Waals surface area contributed by atoms with Crippen LogP contribution in [0.3, 0.4) is 0 Å². The molecule has 1 aliphatic rings. The Bertz CT molecular complexity index is 699. The van der Waals surface area contributed by atoms with Crippen LogP contribution in [0.4, 0.5) is 0 Å². The van der Waals surface area contributed by atoms with E-state index >= 15 is 0 Å². The molecule has 0 radical (unpaired) electrons. The second-order valence-corrected chi connectivity index (χ2v) is 6.41. The highest BCUT2D eigenvalue weighted by atomic mass is 16.5. The first-order valence-electron chi connectivity index (χ1n) is 8.42. The maximum atomic E-state index is 12.8. The molecule has 6 heteroatoms. The van der Waals surface area contributed by atoms with E-state index in [0.717, 1.165) is 36.3 Å². The minimum absolute atomic E-state index is 0.0284. The van der Waals surface area contributed by atoms with E-state index in [1.54, 1.807) is 6.33 Å². The molecule has 0 saturated carbocycles. The molecule has 0 spiro atoms. The van der Waals surface area contributed by atoms with E-state index in [-0.39, 0.29) is 11.9 Å². The number of carbonyl (C=O) groups excluding carboxylic acids is 1. The van der Waals surface area contributed by atoms with E-state index in [9.17, 15) is 4.79 Å². The molecule has 1 saturated heterocycles. The number of hydrogen-bond acceptors (Lipinski definition) is 4. The van der Waals surface area contributed by atoms with Gasteiger partial charge in [-0.05, 0) is 50.8 Å². The quantitative estimate of drug-likeness (QED) is 0.865. The van der Waals surface area contributed by atoms with Gasteiger partial charge in [0.1, 0.15) is 18.4 Å². The molecule has 1 amide bonds. The van der Waals surface area contributed by atoms with E-state index in [2.05, 4.69) is 10.1 Å². The Labute approximate surface area is 142 Å². The summed E-state index contributed by atoms with van der Waals surface area (Å²) in [6.45, 7) is 7.31. The third-order valence-corrected chi connectivity index (χ3v) is 4.73. The lowest BCUT2D eigenvalue weighted by molar-refractivity contribution is -0.139. The molecule has 3 rings (SSSR count). The second kappa shape index (κ2) is 7.03. The van der Waals surface area contributed by atoms with Crippen molar-refractivity contribution in [3.63, 3.8) is 0 Å². The molecule has 1 aliphatic heterocycles. The average molecular weight is 328 g/mol. The number of likely N-dealkylation sites (tertiary alicyclic amines) is 1. The van der Waals surface area contributed by atoms with E-state index < -0.39 is 6.10 Å². The first-order valence-corrected chi connectivity index (χ1v) is 8.42. The lowest BCUT2D eigenvalue weighted by atomic mass is 10.1. The molecule has 6 nitrogen and oxygen atoms in total. The van der Waals surface area contributed by atoms with Gasteiger partial charge in [-0.3, -0.25) is 4.79 Å². The van der Waals surface area contributed by atoms with Gasteiger partial charge >= 0.3 is 0 Å². The van der Waals surface area contributed by atoms with Gasteiger partial charge in [-0.25, -0.2) is 9.67 Å². The standard InChI is InChI=1S/C18H24N4O2/c1-13-6-4-8-17(14(13)2)24-15(3)18(23)21-9-5-7-16(10-21)22-12-19-11-20-22/h4,6,8,11-12,15-16H,5,7,9-10H2,1-3H3. The maximum Gasteiger partial charge on any atom is 0.263 e. The zero-order chi connectivity index (χ0) is 17.1. The molecule has 24 heavy (non-hydrogen) atoms. The topological polar surface area (TPSA) is 60.2 Å². The Balaban J connectivity index is 1.65. The van der Waals surface area contributed by atoms with Crippen molar-refractivity contribution in [3.8, 4) is 5.75 Å². The highest BCUT2D eigenvalue weighted by Crippen LogP contribution is 2.24. The van der Waals surface area contributed by atoms with Crippen molar-refractivity contribution in [2.45, 2.75) is 45.8 Å². The first-order chi connectivity index (χ1) is 11.6. The molecule has 2 atom stereocenters. The molecule has 2 aromatic rings. The number of rotatable bonds is 4. The highest BCUT2D eigenvalue weighted by molar-refractivity contribution is 5.81. The molecule has 1 aromatic carbocycles. The van der Waals surface area contributed by atoms with Gasteiger partial charge in [-0.15, -0.1) is 0 Å². The Hall–Kier alpha value is -2.37. The fourth-order valence-corrected chi connectivity index (χ4v) is 3.13. The number of aryl methyl sites for hydroxylation is 1. The highest BCUT2D eigenvalue weighted by Gasteiger charge is 2.29. The molecule has 2 heterocycles. The number of aromatic nitrogens is 3. The summed E-state index contributed by atoms with van der Waals surface area (Å²) in [6.07, 6.45) is 4.73. The van der Waals surface area contributed by atoms with Crippen LogP contribution in [0, 0.1) is 13.8 Å². The van der Waals surface area contributed by atoms with Crippen LogP contribution in [0.2, 0.25) is 0 Å². The average Bonchev–Trinajstić information content (AvgIpc) is 3.13. The van der Waals surface area contributed by atoms with Gasteiger partial charge in [0.05, 0.1) is 6.04 Å². The van der Waals surface area contributed by atoms with Gasteiger partial charge in [-0.1, -0.05) is 12.1 Å². The number of nitrogens with zero attached hydrogens (tertiary/aromatic N) is 4. The van der Waals surface area contributed by atoms with E-state index in [1.165, 1.54) is 6.33 Å². The van der Waals surface area contributed by atoms with Crippen LogP contribution in [0.15, 0.2) is 30.9 Å². The minimum atomic E-state index is -0.500. The lowest BCUT2D eigenvalue weighted by Crippen LogP contribution is -2.46. The molecule has 0 bridgehead atoms. The van der Waals surface area contributed by atoms with Gasteiger partial charge in [0.2, 0.25) is 0 Å². The normalized spacial score (nSPS) is 19.1. The predicted molar refractivity (Wildman–Crippen MR) is 90.9 cm³/mol. The molecule has 0 N–H and O–H groups in total. The third kappa shape index (κ3) is 3.42. The SMILES string of the molecule is Cc1cccc(OC(C)C(=O)N2CCCC(n3cncn3)C2)c1C. The second-order valence-electron chi connectivity index (χ2n) is 6.41. The molecule has 1 fully saturated rings. The van der Waals surface area contributed by atoms with Crippen LogP contribution in [0.25, 0.3) is 0 Å². The summed E-state index contributed by atoms with van der Waals surface area (Å²) in [5.74, 6) is 0.807. The third-order valence-electron chi connectivity index (χ3n) is 4.73. The molecule has 128 valence electrons. The van der Waals surface area contributed by atoms with Crippen molar-refractivity contribution in [1.29, 1.82) is 0 Å². The van der Waals surface area contributed by atoms with Crippen molar-refractivity contribution in [2.75, 3.05) is 13.1 Å². The van der Waals surface area contributed by atoms with Crippen molar-refractivity contribution < 1.29 is 9.53 Å². The van der Waals surface area contributed by atoms with Gasteiger partial charge < -0.3 is 9.64 Å². The van der Waals surface area contributed by atoms with Crippen molar-refractivity contribution in [2.24, 2.45) is 0 Å². The number of amides is 1. The van der Waals surface area contributed by atoms with Crippen molar-refractivity contribution in [1.82, 2.24) is 19.7 Å². The number of piperidine rings is 1. The molecular formula is C18H24N4O2. The predicted octanol–water partition coefficient (Wildman–Crippen LogP) is 2.53. The lowest BCUT2D eigenvalue weighted by Gasteiger charge is -2.34. The summed E-state index contributed by atoms with van der Waals surface area (Å²) in [5, 5.41) is 4.20. The van der Waals surface area contributed by atoms with E-state index in [4.69, 9.17) is 4.74 Å². The number of carbonyl (C=O) groups is 1. The Kier molecular flexibility index (Phi) is 4.83. The van der Waals surface area contributed by atoms with E-state index in [0.29, 0.717) is 6.54 Å². The summed E-state index contributed by atoms with van der Waals surface area (Å²) in [6, 6.07) is 6.11. The zero-order valence-electron chi connectivity index (χ0n) is 14.5. The van der Waals surface area contributed by atoms with Gasteiger partial charge in [0.15, 0.2) is 6.10 Å². The van der Waals surface area contributed by atoms with Gasteiger partial charge in [-0.2, -0.15) is 5.10 Å². The Morgan fingerprint density at radius 1 is 1.38 bits per heavy atom. The Morgan fingerprint density at radius 2 is 2.21 bits per heavy atom. The van der Waals surface area contributed by atoms with Crippen molar-refractivity contribution in [3.05, 3.63) is 42.0 Å². The molecule has 1 aromatic heterocycles. The number of ether oxygens (including phenoxy) is 1. The minimum Gasteiger partial charge on any atom is -0.481 e. The molecule has 0 aliphatic carbocycles. The summed E-state index contributed by atoms with van der Waals surface area (Å²) < 4.78 is 7.78. The molecule has 2 unspecified atom stereocenters. The Morgan fingerprint density at radius 3 is 2.96 bits per heavy atom. The number of benzene rings is 1. The summed E-state index contributed by atoms with van der Waals surface area (Å²) in [5.41, 5.74) is 2.24. The smallest absolute Gasteiger partial charge is 0.263 e. The zero-order valence-corrected chi connectivity index (χ0v) is 14.5. The van der Waals surface area contributed by atoms with Gasteiger partial charge in [0.25, 0.3) is 5.91 Å². The van der Waals surface area contributed by atoms with E-state index in [1.807, 2.05) is 48.6 Å². The van der Waals surface area contributed by atoms with Gasteiger partial charge in [0, 0.05) is 13.1 Å². The first kappa shape index (κ1) is 16.5. The number of hydrogen-bond donors (Lipinski definition) is 0. The van der Waals surface area contributed by atoms with Crippen molar-refractivity contribution >= 4 is 5.91 Å². The summed E-state index contributed by atoms with van der Waals surface area (Å²) in [4.78, 5) is 18.6.